The van der Waals surface area contributed by atoms with Crippen molar-refractivity contribution in [2.45, 2.75) is 19.5 Å². The van der Waals surface area contributed by atoms with Crippen LogP contribution in [0.1, 0.15) is 24.2 Å². The van der Waals surface area contributed by atoms with E-state index in [1.165, 1.54) is 13.8 Å². The van der Waals surface area contributed by atoms with Crippen molar-refractivity contribution in [3.63, 3.8) is 0 Å². The van der Waals surface area contributed by atoms with Crippen molar-refractivity contribution in [1.29, 1.82) is 0 Å². The fraction of sp³-hybridized carbons (Fsp3) is 0.364. The molecule has 3 heteroatoms. The van der Waals surface area contributed by atoms with Crippen molar-refractivity contribution in [3.05, 3.63) is 29.8 Å². The molecule has 0 aromatic heterocycles. The van der Waals surface area contributed by atoms with E-state index in [2.05, 4.69) is 0 Å². The summed E-state index contributed by atoms with van der Waals surface area (Å²) in [5, 5.41) is 0. The standard InChI is InChI=1S/C11H13FO2/c1-11(2,12)8-14-10-5-3-9(7-13)4-6-10/h3-7H,8H2,1-2H3. The predicted molar refractivity (Wildman–Crippen MR) is 52.5 cm³/mol. The van der Waals surface area contributed by atoms with Gasteiger partial charge in [0.05, 0.1) is 0 Å². The topological polar surface area (TPSA) is 26.3 Å². The molecule has 2 nitrogen and oxygen atoms in total. The van der Waals surface area contributed by atoms with Crippen molar-refractivity contribution < 1.29 is 13.9 Å². The van der Waals surface area contributed by atoms with E-state index < -0.39 is 5.67 Å². The maximum Gasteiger partial charge on any atom is 0.150 e. The highest BCUT2D eigenvalue weighted by molar-refractivity contribution is 5.74. The summed E-state index contributed by atoms with van der Waals surface area (Å²) in [5.41, 5.74) is -0.763. The van der Waals surface area contributed by atoms with E-state index >= 15 is 0 Å². The van der Waals surface area contributed by atoms with Crippen LogP contribution >= 0.6 is 0 Å². The minimum atomic E-state index is -1.34. The number of hydrogen-bond donors (Lipinski definition) is 0. The lowest BCUT2D eigenvalue weighted by Gasteiger charge is -2.14. The molecule has 0 aliphatic carbocycles. The number of alkyl halides is 1. The predicted octanol–water partition coefficient (Wildman–Crippen LogP) is 2.63. The first-order valence-corrected chi connectivity index (χ1v) is 4.38. The first-order chi connectivity index (χ1) is 6.51. The van der Waals surface area contributed by atoms with Crippen molar-refractivity contribution in [3.8, 4) is 5.75 Å². The molecule has 0 fully saturated rings. The first kappa shape index (κ1) is 10.7. The molecule has 0 atom stereocenters. The normalized spacial score (nSPS) is 11.1. The largest absolute Gasteiger partial charge is 0.490 e. The van der Waals surface area contributed by atoms with Crippen LogP contribution in [0.3, 0.4) is 0 Å². The lowest BCUT2D eigenvalue weighted by Crippen LogP contribution is -2.22. The van der Waals surface area contributed by atoms with E-state index in [9.17, 15) is 9.18 Å². The summed E-state index contributed by atoms with van der Waals surface area (Å²) in [5.74, 6) is 0.571. The van der Waals surface area contributed by atoms with E-state index in [1.807, 2.05) is 0 Å². The molecule has 1 rings (SSSR count). The number of ether oxygens (including phenoxy) is 1. The van der Waals surface area contributed by atoms with E-state index in [-0.39, 0.29) is 6.61 Å². The van der Waals surface area contributed by atoms with Gasteiger partial charge in [-0.2, -0.15) is 0 Å². The van der Waals surface area contributed by atoms with Crippen molar-refractivity contribution in [2.75, 3.05) is 6.61 Å². The maximum absolute atomic E-state index is 13.0. The van der Waals surface area contributed by atoms with Crippen LogP contribution < -0.4 is 4.74 Å². The fourth-order valence-corrected chi connectivity index (χ4v) is 0.898. The molecule has 0 aliphatic rings. The molecule has 0 heterocycles. The zero-order valence-electron chi connectivity index (χ0n) is 8.29. The third-order valence-electron chi connectivity index (χ3n) is 1.60. The molecule has 0 amide bonds. The SMILES string of the molecule is CC(C)(F)COc1ccc(C=O)cc1. The molecule has 0 bridgehead atoms. The Morgan fingerprint density at radius 1 is 1.36 bits per heavy atom. The van der Waals surface area contributed by atoms with Gasteiger partial charge in [-0.05, 0) is 38.1 Å². The smallest absolute Gasteiger partial charge is 0.150 e. The van der Waals surface area contributed by atoms with E-state index in [0.29, 0.717) is 11.3 Å². The highest BCUT2D eigenvalue weighted by atomic mass is 19.1. The molecule has 0 radical (unpaired) electrons. The van der Waals surface area contributed by atoms with Crippen molar-refractivity contribution >= 4 is 6.29 Å². The molecule has 0 unspecified atom stereocenters. The van der Waals surface area contributed by atoms with Gasteiger partial charge in [-0.3, -0.25) is 4.79 Å². The summed E-state index contributed by atoms with van der Waals surface area (Å²) in [7, 11) is 0. The average Bonchev–Trinajstić information content (AvgIpc) is 2.14. The zero-order valence-corrected chi connectivity index (χ0v) is 8.29. The van der Waals surface area contributed by atoms with Crippen LogP contribution in [-0.2, 0) is 0 Å². The van der Waals surface area contributed by atoms with Crippen LogP contribution in [0.25, 0.3) is 0 Å². The second kappa shape index (κ2) is 4.22. The Morgan fingerprint density at radius 2 is 1.93 bits per heavy atom. The Morgan fingerprint density at radius 3 is 2.36 bits per heavy atom. The Kier molecular flexibility index (Phi) is 3.23. The minimum absolute atomic E-state index is 0.00738. The third-order valence-corrected chi connectivity index (χ3v) is 1.60. The maximum atomic E-state index is 13.0. The number of rotatable bonds is 4. The van der Waals surface area contributed by atoms with Gasteiger partial charge < -0.3 is 4.74 Å². The summed E-state index contributed by atoms with van der Waals surface area (Å²) < 4.78 is 18.2. The van der Waals surface area contributed by atoms with Gasteiger partial charge in [-0.25, -0.2) is 4.39 Å². The number of carbonyl (C=O) groups is 1. The minimum Gasteiger partial charge on any atom is -0.490 e. The molecule has 0 aliphatic heterocycles. The van der Waals surface area contributed by atoms with Gasteiger partial charge in [0.2, 0.25) is 0 Å². The van der Waals surface area contributed by atoms with Crippen LogP contribution in [0.5, 0.6) is 5.75 Å². The van der Waals surface area contributed by atoms with Gasteiger partial charge in [-0.15, -0.1) is 0 Å². The van der Waals surface area contributed by atoms with Crippen LogP contribution in [0.15, 0.2) is 24.3 Å². The number of halogens is 1. The summed E-state index contributed by atoms with van der Waals surface area (Å²) in [6.07, 6.45) is 0.753. The van der Waals surface area contributed by atoms with Crippen LogP contribution in [0, 0.1) is 0 Å². The molecule has 1 aromatic carbocycles. The van der Waals surface area contributed by atoms with Gasteiger partial charge in [-0.1, -0.05) is 0 Å². The van der Waals surface area contributed by atoms with E-state index in [0.717, 1.165) is 6.29 Å². The fourth-order valence-electron chi connectivity index (χ4n) is 0.898. The summed E-state index contributed by atoms with van der Waals surface area (Å²) >= 11 is 0. The molecular formula is C11H13FO2. The van der Waals surface area contributed by atoms with Gasteiger partial charge in [0.25, 0.3) is 0 Å². The Balaban J connectivity index is 2.56. The zero-order chi connectivity index (χ0) is 10.6. The Labute approximate surface area is 82.7 Å². The quantitative estimate of drug-likeness (QED) is 0.692. The number of hydrogen-bond acceptors (Lipinski definition) is 2. The molecule has 0 saturated carbocycles. The van der Waals surface area contributed by atoms with Gasteiger partial charge >= 0.3 is 0 Å². The van der Waals surface area contributed by atoms with Crippen LogP contribution in [0.4, 0.5) is 4.39 Å². The lowest BCUT2D eigenvalue weighted by molar-refractivity contribution is 0.112. The summed E-state index contributed by atoms with van der Waals surface area (Å²) in [6, 6.07) is 6.56. The molecule has 1 aromatic rings. The number of aldehydes is 1. The van der Waals surface area contributed by atoms with Crippen molar-refractivity contribution in [2.24, 2.45) is 0 Å². The first-order valence-electron chi connectivity index (χ1n) is 4.38. The number of carbonyl (C=O) groups excluding carboxylic acids is 1. The van der Waals surface area contributed by atoms with Crippen molar-refractivity contribution in [1.82, 2.24) is 0 Å². The summed E-state index contributed by atoms with van der Waals surface area (Å²) in [6.45, 7) is 2.91. The molecule has 0 N–H and O–H groups in total. The summed E-state index contributed by atoms with van der Waals surface area (Å²) in [4.78, 5) is 10.3. The average molecular weight is 196 g/mol. The lowest BCUT2D eigenvalue weighted by atomic mass is 10.2. The van der Waals surface area contributed by atoms with Gasteiger partial charge in [0, 0.05) is 5.56 Å². The second-order valence-corrected chi connectivity index (χ2v) is 3.69. The van der Waals surface area contributed by atoms with Crippen LogP contribution in [-0.4, -0.2) is 18.6 Å². The van der Waals surface area contributed by atoms with E-state index in [1.54, 1.807) is 24.3 Å². The monoisotopic (exact) mass is 196 g/mol. The van der Waals surface area contributed by atoms with Gasteiger partial charge in [0.15, 0.2) is 0 Å². The second-order valence-electron chi connectivity index (χ2n) is 3.69. The molecule has 14 heavy (non-hydrogen) atoms. The molecule has 0 saturated heterocycles. The van der Waals surface area contributed by atoms with Gasteiger partial charge in [0.1, 0.15) is 24.3 Å². The number of benzene rings is 1. The molecule has 76 valence electrons. The third kappa shape index (κ3) is 3.56. The molecule has 0 spiro atoms. The highest BCUT2D eigenvalue weighted by Crippen LogP contribution is 2.15. The molecular weight excluding hydrogens is 183 g/mol. The Hall–Kier alpha value is -1.38. The van der Waals surface area contributed by atoms with Crippen LogP contribution in [0.2, 0.25) is 0 Å². The highest BCUT2D eigenvalue weighted by Gasteiger charge is 2.15. The van der Waals surface area contributed by atoms with E-state index in [4.69, 9.17) is 4.74 Å². The Bertz CT molecular complexity index is 298.